The van der Waals surface area contributed by atoms with E-state index in [9.17, 15) is 19.2 Å². The fourth-order valence-corrected chi connectivity index (χ4v) is 4.03. The number of rotatable bonds is 2. The Labute approximate surface area is 161 Å². The van der Waals surface area contributed by atoms with Crippen LogP contribution in [0.2, 0.25) is 0 Å². The van der Waals surface area contributed by atoms with Crippen LogP contribution in [-0.4, -0.2) is 23.5 Å². The van der Waals surface area contributed by atoms with Crippen LogP contribution in [0.5, 0.6) is 11.5 Å². The third kappa shape index (κ3) is 2.72. The molecule has 2 aromatic carbocycles. The van der Waals surface area contributed by atoms with Gasteiger partial charge in [0, 0.05) is 36.1 Å². The van der Waals surface area contributed by atoms with E-state index in [-0.39, 0.29) is 33.8 Å². The van der Waals surface area contributed by atoms with Gasteiger partial charge in [0.1, 0.15) is 11.5 Å². The maximum Gasteiger partial charge on any atom is 0.308 e. The number of carbonyl (C=O) groups is 4. The maximum atomic E-state index is 13.3. The van der Waals surface area contributed by atoms with Crippen molar-refractivity contribution in [2.45, 2.75) is 39.5 Å². The number of hydrogen-bond donors (Lipinski definition) is 0. The van der Waals surface area contributed by atoms with Gasteiger partial charge in [0.15, 0.2) is 11.6 Å². The minimum absolute atomic E-state index is 0.01000. The Balaban J connectivity index is 2.11. The summed E-state index contributed by atoms with van der Waals surface area (Å²) < 4.78 is 10.9. The molecule has 0 saturated heterocycles. The summed E-state index contributed by atoms with van der Waals surface area (Å²) >= 11 is 0. The molecule has 0 spiro atoms. The van der Waals surface area contributed by atoms with Crippen LogP contribution >= 0.6 is 0 Å². The van der Waals surface area contributed by atoms with Gasteiger partial charge in [0.05, 0.1) is 11.1 Å². The fraction of sp³-hybridized carbons (Fsp3) is 0.273. The molecule has 0 heterocycles. The molecule has 0 bridgehead atoms. The summed E-state index contributed by atoms with van der Waals surface area (Å²) in [6.45, 7) is 2.51. The summed E-state index contributed by atoms with van der Waals surface area (Å²) in [5.74, 6) is -1.73. The minimum atomic E-state index is -0.575. The number of ether oxygens (including phenoxy) is 2. The van der Waals surface area contributed by atoms with Crippen molar-refractivity contribution in [1.82, 2.24) is 0 Å². The molecule has 6 heteroatoms. The number of carbonyl (C=O) groups excluding carboxylic acids is 4. The van der Waals surface area contributed by atoms with Gasteiger partial charge in [0.25, 0.3) is 0 Å². The van der Waals surface area contributed by atoms with Gasteiger partial charge in [-0.25, -0.2) is 0 Å². The van der Waals surface area contributed by atoms with Crippen molar-refractivity contribution in [1.29, 1.82) is 0 Å². The molecular weight excluding hydrogens is 360 g/mol. The molecule has 6 nitrogen and oxygen atoms in total. The summed E-state index contributed by atoms with van der Waals surface area (Å²) in [5.41, 5.74) is 1.84. The largest absolute Gasteiger partial charge is 0.426 e. The van der Waals surface area contributed by atoms with E-state index in [4.69, 9.17) is 9.47 Å². The van der Waals surface area contributed by atoms with E-state index in [0.717, 1.165) is 12.8 Å². The molecule has 28 heavy (non-hydrogen) atoms. The predicted octanol–water partition coefficient (Wildman–Crippen LogP) is 3.19. The highest BCUT2D eigenvalue weighted by atomic mass is 16.5. The van der Waals surface area contributed by atoms with Crippen LogP contribution in [-0.2, 0) is 22.4 Å². The van der Waals surface area contributed by atoms with E-state index in [1.807, 2.05) is 0 Å². The van der Waals surface area contributed by atoms with E-state index < -0.39 is 23.5 Å². The molecule has 0 fully saturated rings. The first-order chi connectivity index (χ1) is 13.4. The van der Waals surface area contributed by atoms with Crippen molar-refractivity contribution in [2.24, 2.45) is 0 Å². The molecule has 0 unspecified atom stereocenters. The second kappa shape index (κ2) is 6.71. The van der Waals surface area contributed by atoms with Crippen molar-refractivity contribution in [3.8, 4) is 11.5 Å². The highest BCUT2D eigenvalue weighted by molar-refractivity contribution is 6.30. The Kier molecular flexibility index (Phi) is 4.34. The zero-order valence-corrected chi connectivity index (χ0v) is 15.6. The third-order valence-electron chi connectivity index (χ3n) is 5.08. The molecule has 0 aliphatic heterocycles. The Hall–Kier alpha value is -3.28. The summed E-state index contributed by atoms with van der Waals surface area (Å²) in [5, 5.41) is 0. The molecule has 2 aliphatic carbocycles. The van der Waals surface area contributed by atoms with Crippen molar-refractivity contribution >= 4 is 23.5 Å². The Bertz CT molecular complexity index is 979. The normalized spacial score (nSPS) is 14.6. The average Bonchev–Trinajstić information content (AvgIpc) is 2.67. The minimum Gasteiger partial charge on any atom is -0.426 e. The lowest BCUT2D eigenvalue weighted by atomic mass is 9.78. The SMILES string of the molecule is CC(=O)Oc1c2c(c(OC(C)=O)c3c1C(=O)c1ccccc1C3=O)CCCC2. The summed E-state index contributed by atoms with van der Waals surface area (Å²) in [6.07, 6.45) is 2.84. The molecule has 0 N–H and O–H groups in total. The molecule has 0 saturated carbocycles. The molecule has 0 aromatic heterocycles. The molecule has 2 aromatic rings. The lowest BCUT2D eigenvalue weighted by Gasteiger charge is -2.28. The van der Waals surface area contributed by atoms with E-state index in [1.165, 1.54) is 13.8 Å². The number of benzene rings is 2. The summed E-state index contributed by atoms with van der Waals surface area (Å²) in [7, 11) is 0. The maximum absolute atomic E-state index is 13.3. The van der Waals surface area contributed by atoms with Crippen LogP contribution in [0.1, 0.15) is 69.7 Å². The zero-order chi connectivity index (χ0) is 20.0. The first kappa shape index (κ1) is 18.1. The molecule has 142 valence electrons. The van der Waals surface area contributed by atoms with Gasteiger partial charge in [-0.3, -0.25) is 19.2 Å². The lowest BCUT2D eigenvalue weighted by molar-refractivity contribution is -0.133. The standard InChI is InChI=1S/C22H18O6/c1-11(23)27-21-15-9-5-6-10-16(15)22(28-12(2)24)18-17(21)19(25)13-7-3-4-8-14(13)20(18)26/h3-4,7-8H,5-6,9-10H2,1-2H3. The molecule has 0 radical (unpaired) electrons. The Morgan fingerprint density at radius 1 is 0.750 bits per heavy atom. The van der Waals surface area contributed by atoms with E-state index in [1.54, 1.807) is 24.3 Å². The number of hydrogen-bond acceptors (Lipinski definition) is 6. The van der Waals surface area contributed by atoms with Gasteiger partial charge in [-0.2, -0.15) is 0 Å². The monoisotopic (exact) mass is 378 g/mol. The smallest absolute Gasteiger partial charge is 0.308 e. The van der Waals surface area contributed by atoms with Gasteiger partial charge < -0.3 is 9.47 Å². The van der Waals surface area contributed by atoms with Gasteiger partial charge in [-0.05, 0) is 25.7 Å². The third-order valence-corrected chi connectivity index (χ3v) is 5.08. The first-order valence-electron chi connectivity index (χ1n) is 9.17. The van der Waals surface area contributed by atoms with Gasteiger partial charge in [-0.15, -0.1) is 0 Å². The molecule has 0 atom stereocenters. The Morgan fingerprint density at radius 3 is 1.50 bits per heavy atom. The quantitative estimate of drug-likeness (QED) is 0.503. The second-order valence-electron chi connectivity index (χ2n) is 6.96. The number of ketones is 2. The van der Waals surface area contributed by atoms with Gasteiger partial charge >= 0.3 is 11.9 Å². The predicted molar refractivity (Wildman–Crippen MR) is 99.0 cm³/mol. The van der Waals surface area contributed by atoms with Gasteiger partial charge in [-0.1, -0.05) is 24.3 Å². The molecular formula is C22H18O6. The van der Waals surface area contributed by atoms with E-state index >= 15 is 0 Å². The zero-order valence-electron chi connectivity index (χ0n) is 15.6. The van der Waals surface area contributed by atoms with Crippen LogP contribution in [0.25, 0.3) is 0 Å². The van der Waals surface area contributed by atoms with Crippen molar-refractivity contribution < 1.29 is 28.7 Å². The molecule has 4 rings (SSSR count). The number of esters is 2. The fourth-order valence-electron chi connectivity index (χ4n) is 4.03. The van der Waals surface area contributed by atoms with Crippen molar-refractivity contribution in [2.75, 3.05) is 0 Å². The summed E-state index contributed by atoms with van der Waals surface area (Å²) in [4.78, 5) is 50.1. The van der Waals surface area contributed by atoms with Crippen LogP contribution in [0, 0.1) is 0 Å². The molecule has 0 amide bonds. The number of fused-ring (bicyclic) bond motifs is 3. The van der Waals surface area contributed by atoms with Crippen molar-refractivity contribution in [3.63, 3.8) is 0 Å². The highest BCUT2D eigenvalue weighted by Crippen LogP contribution is 2.46. The lowest BCUT2D eigenvalue weighted by Crippen LogP contribution is -2.26. The molecule has 2 aliphatic rings. The average molecular weight is 378 g/mol. The van der Waals surface area contributed by atoms with Gasteiger partial charge in [0.2, 0.25) is 0 Å². The van der Waals surface area contributed by atoms with Crippen molar-refractivity contribution in [3.05, 3.63) is 57.6 Å². The second-order valence-corrected chi connectivity index (χ2v) is 6.96. The van der Waals surface area contributed by atoms with Crippen LogP contribution in [0.15, 0.2) is 24.3 Å². The van der Waals surface area contributed by atoms with E-state index in [2.05, 4.69) is 0 Å². The van der Waals surface area contributed by atoms with Crippen LogP contribution in [0.4, 0.5) is 0 Å². The first-order valence-corrected chi connectivity index (χ1v) is 9.17. The van der Waals surface area contributed by atoms with Crippen LogP contribution < -0.4 is 9.47 Å². The van der Waals surface area contributed by atoms with Crippen LogP contribution in [0.3, 0.4) is 0 Å². The highest BCUT2D eigenvalue weighted by Gasteiger charge is 2.40. The topological polar surface area (TPSA) is 86.7 Å². The van der Waals surface area contributed by atoms with E-state index in [0.29, 0.717) is 24.0 Å². The Morgan fingerprint density at radius 2 is 1.14 bits per heavy atom. The summed E-state index contributed by atoms with van der Waals surface area (Å²) in [6, 6.07) is 6.49.